The lowest BCUT2D eigenvalue weighted by Crippen LogP contribution is -2.08. The Bertz CT molecular complexity index is 1510. The van der Waals surface area contributed by atoms with Crippen LogP contribution in [0.2, 0.25) is 0 Å². The Hall–Kier alpha value is -4.42. The molecular formula is C21H11F5N6O2. The van der Waals surface area contributed by atoms with Crippen LogP contribution >= 0.6 is 0 Å². The van der Waals surface area contributed by atoms with E-state index in [1.54, 1.807) is 31.2 Å². The van der Waals surface area contributed by atoms with Gasteiger partial charge in [-0.05, 0) is 49.4 Å². The summed E-state index contributed by atoms with van der Waals surface area (Å²) in [6, 6.07) is 10.9. The van der Waals surface area contributed by atoms with Gasteiger partial charge in [0.15, 0.2) is 11.6 Å². The first-order valence-corrected chi connectivity index (χ1v) is 9.56. The van der Waals surface area contributed by atoms with E-state index in [0.717, 1.165) is 16.6 Å². The highest BCUT2D eigenvalue weighted by molar-refractivity contribution is 5.60. The van der Waals surface area contributed by atoms with Gasteiger partial charge in [0.1, 0.15) is 17.2 Å². The molecule has 3 aromatic heterocycles. The lowest BCUT2D eigenvalue weighted by molar-refractivity contribution is -0.144. The summed E-state index contributed by atoms with van der Waals surface area (Å²) in [5.41, 5.74) is 0.967. The first-order chi connectivity index (χ1) is 16.2. The molecule has 0 aliphatic heterocycles. The van der Waals surface area contributed by atoms with Gasteiger partial charge < -0.3 is 9.26 Å². The van der Waals surface area contributed by atoms with Crippen LogP contribution in [0.3, 0.4) is 0 Å². The molecule has 0 aliphatic carbocycles. The number of fused-ring (bicyclic) bond motifs is 1. The van der Waals surface area contributed by atoms with Gasteiger partial charge in [-0.3, -0.25) is 0 Å². The van der Waals surface area contributed by atoms with Crippen LogP contribution < -0.4 is 4.74 Å². The third kappa shape index (κ3) is 4.02. The lowest BCUT2D eigenvalue weighted by atomic mass is 10.2. The van der Waals surface area contributed by atoms with E-state index < -0.39 is 23.6 Å². The Balaban J connectivity index is 1.43. The van der Waals surface area contributed by atoms with Crippen LogP contribution in [-0.4, -0.2) is 29.7 Å². The smallest absolute Gasteiger partial charge is 0.453 e. The Kier molecular flexibility index (Phi) is 4.96. The summed E-state index contributed by atoms with van der Waals surface area (Å²) in [6.07, 6.45) is -4.75. The molecule has 0 amide bonds. The van der Waals surface area contributed by atoms with Gasteiger partial charge in [0.2, 0.25) is 5.82 Å². The number of ether oxygens (including phenoxy) is 1. The van der Waals surface area contributed by atoms with Crippen molar-refractivity contribution < 1.29 is 31.2 Å². The second kappa shape index (κ2) is 7.86. The van der Waals surface area contributed by atoms with Crippen molar-refractivity contribution in [2.75, 3.05) is 0 Å². The predicted octanol–water partition coefficient (Wildman–Crippen LogP) is 5.24. The van der Waals surface area contributed by atoms with Gasteiger partial charge in [-0.25, -0.2) is 13.8 Å². The zero-order valence-corrected chi connectivity index (χ0v) is 17.0. The maximum absolute atomic E-state index is 13.3. The Morgan fingerprint density at radius 3 is 2.32 bits per heavy atom. The number of aromatic nitrogens is 6. The summed E-state index contributed by atoms with van der Waals surface area (Å²) in [5.74, 6) is -3.13. The van der Waals surface area contributed by atoms with Crippen molar-refractivity contribution in [2.24, 2.45) is 0 Å². The van der Waals surface area contributed by atoms with Crippen LogP contribution in [0.5, 0.6) is 11.5 Å². The summed E-state index contributed by atoms with van der Waals surface area (Å²) >= 11 is 0. The largest absolute Gasteiger partial charge is 0.457 e. The van der Waals surface area contributed by atoms with Gasteiger partial charge in [0.05, 0.1) is 0 Å². The Labute approximate surface area is 186 Å². The third-order valence-electron chi connectivity index (χ3n) is 4.58. The molecule has 0 fully saturated rings. The van der Waals surface area contributed by atoms with Crippen LogP contribution in [0.4, 0.5) is 22.0 Å². The van der Waals surface area contributed by atoms with Crippen LogP contribution in [0.15, 0.2) is 53.1 Å². The molecule has 5 rings (SSSR count). The fourth-order valence-electron chi connectivity index (χ4n) is 3.05. The van der Waals surface area contributed by atoms with E-state index in [1.807, 2.05) is 0 Å². The maximum atomic E-state index is 13.3. The number of nitrogens with zero attached hydrogens (tertiary/aromatic N) is 6. The number of halogens is 5. The number of alkyl halides is 3. The van der Waals surface area contributed by atoms with Crippen molar-refractivity contribution in [1.29, 1.82) is 0 Å². The van der Waals surface area contributed by atoms with Gasteiger partial charge in [-0.1, -0.05) is 5.16 Å². The molecule has 34 heavy (non-hydrogen) atoms. The molecule has 0 bridgehead atoms. The van der Waals surface area contributed by atoms with E-state index in [1.165, 1.54) is 12.1 Å². The number of hydrogen-bond acceptors (Lipinski definition) is 7. The molecule has 3 heterocycles. The monoisotopic (exact) mass is 474 g/mol. The average molecular weight is 474 g/mol. The molecule has 0 spiro atoms. The third-order valence-corrected chi connectivity index (χ3v) is 4.58. The summed E-state index contributed by atoms with van der Waals surface area (Å²) in [4.78, 5) is 11.6. The highest BCUT2D eigenvalue weighted by atomic mass is 19.4. The Morgan fingerprint density at radius 1 is 0.882 bits per heavy atom. The topological polar surface area (TPSA) is 91.2 Å². The summed E-state index contributed by atoms with van der Waals surface area (Å²) in [7, 11) is 0. The number of benzene rings is 2. The maximum Gasteiger partial charge on any atom is 0.453 e. The van der Waals surface area contributed by atoms with Crippen molar-refractivity contribution in [3.05, 3.63) is 71.7 Å². The van der Waals surface area contributed by atoms with E-state index in [9.17, 15) is 22.0 Å². The van der Waals surface area contributed by atoms with Crippen LogP contribution in [0.1, 0.15) is 11.5 Å². The first kappa shape index (κ1) is 21.4. The van der Waals surface area contributed by atoms with Crippen LogP contribution in [0, 0.1) is 18.6 Å². The second-order valence-corrected chi connectivity index (χ2v) is 7.05. The SMILES string of the molecule is Cc1cc(-c2nc(-c3ccc(Oc4ccc(F)c(F)c4)cc3)no2)n2nc(C(F)(F)F)nc2n1. The molecule has 5 aromatic rings. The molecule has 0 saturated carbocycles. The fraction of sp³-hybridized carbons (Fsp3) is 0.0952. The molecule has 0 N–H and O–H groups in total. The minimum absolute atomic E-state index is 0.0857. The summed E-state index contributed by atoms with van der Waals surface area (Å²) in [5, 5.41) is 7.34. The van der Waals surface area contributed by atoms with Crippen molar-refractivity contribution >= 4 is 5.78 Å². The summed E-state index contributed by atoms with van der Waals surface area (Å²) < 4.78 is 77.1. The summed E-state index contributed by atoms with van der Waals surface area (Å²) in [6.45, 7) is 1.58. The standard InChI is InChI=1S/C21H11F5N6O2/c1-10-8-16(32-20(27-10)29-19(30-32)21(24,25)26)18-28-17(31-34-18)11-2-4-12(5-3-11)33-13-6-7-14(22)15(23)9-13/h2-9H,1H3. The predicted molar refractivity (Wildman–Crippen MR) is 106 cm³/mol. The molecule has 0 aliphatic rings. The highest BCUT2D eigenvalue weighted by Gasteiger charge is 2.37. The minimum Gasteiger partial charge on any atom is -0.457 e. The highest BCUT2D eigenvalue weighted by Crippen LogP contribution is 2.29. The van der Waals surface area contributed by atoms with E-state index in [-0.39, 0.29) is 28.9 Å². The molecule has 0 atom stereocenters. The minimum atomic E-state index is -4.75. The van der Waals surface area contributed by atoms with E-state index in [0.29, 0.717) is 17.0 Å². The normalized spacial score (nSPS) is 11.8. The molecule has 0 radical (unpaired) electrons. The van der Waals surface area contributed by atoms with Gasteiger partial charge in [0.25, 0.3) is 17.5 Å². The van der Waals surface area contributed by atoms with Crippen LogP contribution in [0.25, 0.3) is 28.8 Å². The molecular weight excluding hydrogens is 463 g/mol. The molecule has 0 unspecified atom stereocenters. The van der Waals surface area contributed by atoms with Gasteiger partial charge in [0, 0.05) is 17.3 Å². The molecule has 0 saturated heterocycles. The fourth-order valence-corrected chi connectivity index (χ4v) is 3.05. The molecule has 13 heteroatoms. The van der Waals surface area contributed by atoms with Gasteiger partial charge in [-0.2, -0.15) is 27.7 Å². The van der Waals surface area contributed by atoms with Crippen molar-refractivity contribution in [3.63, 3.8) is 0 Å². The first-order valence-electron chi connectivity index (χ1n) is 9.56. The lowest BCUT2D eigenvalue weighted by Gasteiger charge is -2.06. The molecule has 8 nitrogen and oxygen atoms in total. The molecule has 172 valence electrons. The van der Waals surface area contributed by atoms with E-state index in [4.69, 9.17) is 9.26 Å². The number of hydrogen-bond donors (Lipinski definition) is 0. The van der Waals surface area contributed by atoms with Crippen molar-refractivity contribution in [2.45, 2.75) is 13.1 Å². The van der Waals surface area contributed by atoms with Crippen LogP contribution in [-0.2, 0) is 6.18 Å². The quantitative estimate of drug-likeness (QED) is 0.329. The average Bonchev–Trinajstić information content (AvgIpc) is 3.44. The van der Waals surface area contributed by atoms with E-state index in [2.05, 4.69) is 25.2 Å². The Morgan fingerprint density at radius 2 is 1.62 bits per heavy atom. The number of rotatable bonds is 4. The van der Waals surface area contributed by atoms with Crippen molar-refractivity contribution in [1.82, 2.24) is 29.7 Å². The zero-order chi connectivity index (χ0) is 24.0. The van der Waals surface area contributed by atoms with Gasteiger partial charge in [-0.15, -0.1) is 5.10 Å². The van der Waals surface area contributed by atoms with Gasteiger partial charge >= 0.3 is 6.18 Å². The second-order valence-electron chi connectivity index (χ2n) is 7.05. The van der Waals surface area contributed by atoms with Crippen molar-refractivity contribution in [3.8, 4) is 34.5 Å². The zero-order valence-electron chi connectivity index (χ0n) is 17.0. The molecule has 2 aromatic carbocycles. The van der Waals surface area contributed by atoms with E-state index >= 15 is 0 Å². The number of aryl methyl sites for hydroxylation is 1.